The molecular formula is C11H12F2N2O2. The van der Waals surface area contributed by atoms with Crippen molar-refractivity contribution in [2.24, 2.45) is 5.73 Å². The first-order valence-corrected chi connectivity index (χ1v) is 5.17. The number of hydrogen-bond acceptors (Lipinski definition) is 3. The van der Waals surface area contributed by atoms with E-state index in [1.165, 1.54) is 24.3 Å². The summed E-state index contributed by atoms with van der Waals surface area (Å²) in [6.07, 6.45) is 0.776. The molecule has 3 N–H and O–H groups in total. The predicted octanol–water partition coefficient (Wildman–Crippen LogP) is 1.12. The van der Waals surface area contributed by atoms with Crippen LogP contribution in [0, 0.1) is 0 Å². The van der Waals surface area contributed by atoms with Crippen LogP contribution in [0.1, 0.15) is 16.8 Å². The van der Waals surface area contributed by atoms with Gasteiger partial charge in [-0.2, -0.15) is 8.78 Å². The molecule has 2 atom stereocenters. The molecule has 0 bridgehead atoms. The van der Waals surface area contributed by atoms with Crippen LogP contribution < -0.4 is 15.8 Å². The van der Waals surface area contributed by atoms with Gasteiger partial charge in [0, 0.05) is 17.6 Å². The van der Waals surface area contributed by atoms with E-state index in [1.807, 2.05) is 0 Å². The van der Waals surface area contributed by atoms with Crippen LogP contribution in [0.15, 0.2) is 24.3 Å². The largest absolute Gasteiger partial charge is 0.435 e. The minimum absolute atomic E-state index is 0.0273. The van der Waals surface area contributed by atoms with Gasteiger partial charge in [-0.1, -0.05) is 0 Å². The van der Waals surface area contributed by atoms with E-state index in [4.69, 9.17) is 5.73 Å². The van der Waals surface area contributed by atoms with Gasteiger partial charge in [0.1, 0.15) is 5.75 Å². The number of nitrogens with two attached hydrogens (primary N) is 1. The zero-order valence-corrected chi connectivity index (χ0v) is 8.90. The van der Waals surface area contributed by atoms with Gasteiger partial charge in [0.2, 0.25) is 0 Å². The molecule has 6 heteroatoms. The lowest BCUT2D eigenvalue weighted by molar-refractivity contribution is -0.0498. The SMILES string of the molecule is NC1CC1NC(=O)c1ccc(OC(F)F)cc1. The van der Waals surface area contributed by atoms with Gasteiger partial charge in [0.15, 0.2) is 0 Å². The molecule has 17 heavy (non-hydrogen) atoms. The van der Waals surface area contributed by atoms with E-state index in [2.05, 4.69) is 10.1 Å². The number of benzene rings is 1. The molecule has 1 aromatic rings. The highest BCUT2D eigenvalue weighted by atomic mass is 19.3. The van der Waals surface area contributed by atoms with Crippen LogP contribution in [0.5, 0.6) is 5.75 Å². The molecule has 4 nitrogen and oxygen atoms in total. The van der Waals surface area contributed by atoms with Gasteiger partial charge in [-0.15, -0.1) is 0 Å². The molecule has 1 aliphatic carbocycles. The Morgan fingerprint density at radius 2 is 2.00 bits per heavy atom. The topological polar surface area (TPSA) is 64.3 Å². The van der Waals surface area contributed by atoms with Crippen molar-refractivity contribution in [2.45, 2.75) is 25.1 Å². The van der Waals surface area contributed by atoms with Crippen molar-refractivity contribution in [1.82, 2.24) is 5.32 Å². The van der Waals surface area contributed by atoms with Crippen LogP contribution in [0.2, 0.25) is 0 Å². The second kappa shape index (κ2) is 4.67. The minimum atomic E-state index is -2.86. The Morgan fingerprint density at radius 1 is 1.41 bits per heavy atom. The quantitative estimate of drug-likeness (QED) is 0.831. The van der Waals surface area contributed by atoms with Crippen LogP contribution in [-0.2, 0) is 0 Å². The first-order valence-electron chi connectivity index (χ1n) is 5.17. The van der Waals surface area contributed by atoms with Crippen molar-refractivity contribution >= 4 is 5.91 Å². The van der Waals surface area contributed by atoms with Crippen LogP contribution >= 0.6 is 0 Å². The maximum Gasteiger partial charge on any atom is 0.387 e. The molecule has 0 saturated heterocycles. The van der Waals surface area contributed by atoms with Crippen molar-refractivity contribution in [3.63, 3.8) is 0 Å². The summed E-state index contributed by atoms with van der Waals surface area (Å²) < 4.78 is 27.9. The molecule has 0 spiro atoms. The normalized spacial score (nSPS) is 22.4. The Hall–Kier alpha value is -1.69. The van der Waals surface area contributed by atoms with E-state index in [0.29, 0.717) is 5.56 Å². The summed E-state index contributed by atoms with van der Waals surface area (Å²) in [5, 5.41) is 2.73. The van der Waals surface area contributed by atoms with E-state index in [0.717, 1.165) is 6.42 Å². The van der Waals surface area contributed by atoms with E-state index in [9.17, 15) is 13.6 Å². The Labute approximate surface area is 96.7 Å². The fourth-order valence-corrected chi connectivity index (χ4v) is 1.42. The van der Waals surface area contributed by atoms with Crippen LogP contribution in [0.3, 0.4) is 0 Å². The Balaban J connectivity index is 1.94. The number of ether oxygens (including phenoxy) is 1. The predicted molar refractivity (Wildman–Crippen MR) is 56.9 cm³/mol. The van der Waals surface area contributed by atoms with Gasteiger partial charge >= 0.3 is 6.61 Å². The van der Waals surface area contributed by atoms with Crippen molar-refractivity contribution in [3.8, 4) is 5.75 Å². The zero-order chi connectivity index (χ0) is 12.4. The van der Waals surface area contributed by atoms with Crippen LogP contribution in [0.25, 0.3) is 0 Å². The second-order valence-electron chi connectivity index (χ2n) is 3.88. The molecule has 2 unspecified atom stereocenters. The van der Waals surface area contributed by atoms with E-state index in [-0.39, 0.29) is 23.7 Å². The summed E-state index contributed by atoms with van der Waals surface area (Å²) >= 11 is 0. The summed E-state index contributed by atoms with van der Waals surface area (Å²) in [6.45, 7) is -2.86. The van der Waals surface area contributed by atoms with Gasteiger partial charge < -0.3 is 15.8 Å². The molecule has 0 aromatic heterocycles. The fraction of sp³-hybridized carbons (Fsp3) is 0.364. The van der Waals surface area contributed by atoms with Crippen LogP contribution in [-0.4, -0.2) is 24.6 Å². The van der Waals surface area contributed by atoms with Gasteiger partial charge in [-0.3, -0.25) is 4.79 Å². The minimum Gasteiger partial charge on any atom is -0.435 e. The van der Waals surface area contributed by atoms with Crippen molar-refractivity contribution in [3.05, 3.63) is 29.8 Å². The summed E-state index contributed by atoms with van der Waals surface area (Å²) in [6, 6.07) is 5.57. The standard InChI is InChI=1S/C11H12F2N2O2/c12-11(13)17-7-3-1-6(2-4-7)10(16)15-9-5-8(9)14/h1-4,8-9,11H,5,14H2,(H,15,16). The number of rotatable bonds is 4. The summed E-state index contributed by atoms with van der Waals surface area (Å²) in [5.74, 6) is -0.230. The zero-order valence-electron chi connectivity index (χ0n) is 8.90. The third-order valence-corrected chi connectivity index (χ3v) is 2.50. The van der Waals surface area contributed by atoms with Gasteiger partial charge in [-0.05, 0) is 30.7 Å². The first kappa shape index (κ1) is 11.8. The molecule has 2 rings (SSSR count). The second-order valence-corrected chi connectivity index (χ2v) is 3.88. The molecule has 0 aliphatic heterocycles. The van der Waals surface area contributed by atoms with Crippen molar-refractivity contribution in [2.75, 3.05) is 0 Å². The number of hydrogen-bond donors (Lipinski definition) is 2. The number of carbonyl (C=O) groups excluding carboxylic acids is 1. The number of halogens is 2. The maximum atomic E-state index is 11.9. The number of amides is 1. The highest BCUT2D eigenvalue weighted by molar-refractivity contribution is 5.94. The molecule has 0 radical (unpaired) electrons. The van der Waals surface area contributed by atoms with E-state index in [1.54, 1.807) is 0 Å². The lowest BCUT2D eigenvalue weighted by Gasteiger charge is -2.06. The third-order valence-electron chi connectivity index (χ3n) is 2.50. The molecule has 1 aliphatic rings. The number of carbonyl (C=O) groups is 1. The molecule has 1 saturated carbocycles. The average molecular weight is 242 g/mol. The Kier molecular flexibility index (Phi) is 3.23. The van der Waals surface area contributed by atoms with Crippen molar-refractivity contribution < 1.29 is 18.3 Å². The van der Waals surface area contributed by atoms with Gasteiger partial charge in [-0.25, -0.2) is 0 Å². The Bertz CT molecular complexity index is 408. The lowest BCUT2D eigenvalue weighted by atomic mass is 10.2. The fourth-order valence-electron chi connectivity index (χ4n) is 1.42. The number of alkyl halides is 2. The highest BCUT2D eigenvalue weighted by Gasteiger charge is 2.34. The molecule has 92 valence electrons. The highest BCUT2D eigenvalue weighted by Crippen LogP contribution is 2.19. The summed E-state index contributed by atoms with van der Waals surface area (Å²) in [7, 11) is 0. The molecule has 0 heterocycles. The monoisotopic (exact) mass is 242 g/mol. The average Bonchev–Trinajstić information content (AvgIpc) is 2.94. The number of nitrogens with one attached hydrogen (secondary N) is 1. The Morgan fingerprint density at radius 3 is 2.47 bits per heavy atom. The van der Waals surface area contributed by atoms with E-state index >= 15 is 0 Å². The summed E-state index contributed by atoms with van der Waals surface area (Å²) in [4.78, 5) is 11.6. The summed E-state index contributed by atoms with van der Waals surface area (Å²) in [5.41, 5.74) is 5.95. The molecule has 1 aromatic carbocycles. The molecule has 1 amide bonds. The van der Waals surface area contributed by atoms with Crippen LogP contribution in [0.4, 0.5) is 8.78 Å². The van der Waals surface area contributed by atoms with Crippen molar-refractivity contribution in [1.29, 1.82) is 0 Å². The smallest absolute Gasteiger partial charge is 0.387 e. The lowest BCUT2D eigenvalue weighted by Crippen LogP contribution is -2.29. The van der Waals surface area contributed by atoms with Gasteiger partial charge in [0.05, 0.1) is 0 Å². The first-order chi connectivity index (χ1) is 8.06. The maximum absolute atomic E-state index is 11.9. The third kappa shape index (κ3) is 3.13. The van der Waals surface area contributed by atoms with Gasteiger partial charge in [0.25, 0.3) is 5.91 Å². The molecule has 1 fully saturated rings. The molecular weight excluding hydrogens is 230 g/mol. The van der Waals surface area contributed by atoms with E-state index < -0.39 is 6.61 Å².